The van der Waals surface area contributed by atoms with E-state index in [9.17, 15) is 9.50 Å². The minimum atomic E-state index is -0.645. The summed E-state index contributed by atoms with van der Waals surface area (Å²) in [4.78, 5) is 0. The molecular weight excluding hydrogens is 237 g/mol. The highest BCUT2D eigenvalue weighted by Crippen LogP contribution is 2.30. The third kappa shape index (κ3) is 2.19. The van der Waals surface area contributed by atoms with Crippen LogP contribution in [-0.2, 0) is 0 Å². The van der Waals surface area contributed by atoms with Crippen molar-refractivity contribution in [3.8, 4) is 5.75 Å². The smallest absolute Gasteiger partial charge is 0.166 e. The summed E-state index contributed by atoms with van der Waals surface area (Å²) >= 11 is 3.14. The van der Waals surface area contributed by atoms with Crippen LogP contribution in [0.1, 0.15) is 24.9 Å². The van der Waals surface area contributed by atoms with Gasteiger partial charge in [-0.25, -0.2) is 4.39 Å². The maximum atomic E-state index is 13.0. The number of halogens is 2. The lowest BCUT2D eigenvalue weighted by atomic mass is 10.0. The molecule has 1 atom stereocenters. The Hall–Kier alpha value is -0.610. The van der Waals surface area contributed by atoms with Crippen LogP contribution in [0.15, 0.2) is 16.6 Å². The topological polar surface area (TPSA) is 46.2 Å². The quantitative estimate of drug-likeness (QED) is 0.845. The van der Waals surface area contributed by atoms with Crippen molar-refractivity contribution in [2.75, 3.05) is 0 Å². The molecule has 13 heavy (non-hydrogen) atoms. The molecule has 0 fully saturated rings. The van der Waals surface area contributed by atoms with Gasteiger partial charge < -0.3 is 10.8 Å². The van der Waals surface area contributed by atoms with E-state index in [4.69, 9.17) is 5.73 Å². The Morgan fingerprint density at radius 2 is 2.23 bits per heavy atom. The van der Waals surface area contributed by atoms with Gasteiger partial charge in [-0.15, -0.1) is 0 Å². The van der Waals surface area contributed by atoms with Gasteiger partial charge in [0.2, 0.25) is 0 Å². The maximum Gasteiger partial charge on any atom is 0.166 e. The van der Waals surface area contributed by atoms with Crippen molar-refractivity contribution in [2.45, 2.75) is 19.4 Å². The van der Waals surface area contributed by atoms with Gasteiger partial charge in [-0.05, 0) is 18.6 Å². The molecule has 0 heterocycles. The molecule has 0 saturated carbocycles. The van der Waals surface area contributed by atoms with Gasteiger partial charge in [0, 0.05) is 16.1 Å². The highest BCUT2D eigenvalue weighted by Gasteiger charge is 2.13. The number of benzene rings is 1. The molecule has 0 radical (unpaired) electrons. The number of hydrogen-bond acceptors (Lipinski definition) is 2. The van der Waals surface area contributed by atoms with E-state index in [1.807, 2.05) is 6.92 Å². The van der Waals surface area contributed by atoms with E-state index >= 15 is 0 Å². The molecule has 0 aliphatic heterocycles. The standard InChI is InChI=1S/C9H11BrFNO/c1-2-8(12)6-3-5(10)4-7(11)9(6)13/h3-4,8,13H,2,12H2,1H3/t8-/m1/s1. The molecule has 2 nitrogen and oxygen atoms in total. The molecule has 0 aliphatic rings. The SMILES string of the molecule is CC[C@@H](N)c1cc(Br)cc(F)c1O. The number of hydrogen-bond donors (Lipinski definition) is 2. The first-order chi connectivity index (χ1) is 6.06. The molecule has 0 spiro atoms. The van der Waals surface area contributed by atoms with Crippen LogP contribution in [0.25, 0.3) is 0 Å². The summed E-state index contributed by atoms with van der Waals surface area (Å²) in [5.74, 6) is -0.995. The van der Waals surface area contributed by atoms with Crippen LogP contribution in [-0.4, -0.2) is 5.11 Å². The van der Waals surface area contributed by atoms with Crippen LogP contribution in [0.2, 0.25) is 0 Å². The van der Waals surface area contributed by atoms with Gasteiger partial charge in [-0.1, -0.05) is 22.9 Å². The predicted octanol–water partition coefficient (Wildman–Crippen LogP) is 2.70. The Morgan fingerprint density at radius 3 is 2.77 bits per heavy atom. The number of nitrogens with two attached hydrogens (primary N) is 1. The summed E-state index contributed by atoms with van der Waals surface area (Å²) in [6.07, 6.45) is 0.656. The van der Waals surface area contributed by atoms with Gasteiger partial charge in [0.1, 0.15) is 0 Å². The highest BCUT2D eigenvalue weighted by atomic mass is 79.9. The molecule has 0 unspecified atom stereocenters. The molecule has 4 heteroatoms. The van der Waals surface area contributed by atoms with Crippen molar-refractivity contribution in [3.63, 3.8) is 0 Å². The monoisotopic (exact) mass is 247 g/mol. The molecule has 1 aromatic rings. The fourth-order valence-electron chi connectivity index (χ4n) is 1.09. The van der Waals surface area contributed by atoms with Crippen LogP contribution < -0.4 is 5.73 Å². The summed E-state index contributed by atoms with van der Waals surface area (Å²) in [6.45, 7) is 1.88. The highest BCUT2D eigenvalue weighted by molar-refractivity contribution is 9.10. The largest absolute Gasteiger partial charge is 0.505 e. The molecule has 1 rings (SSSR count). The van der Waals surface area contributed by atoms with Crippen molar-refractivity contribution >= 4 is 15.9 Å². The van der Waals surface area contributed by atoms with Crippen molar-refractivity contribution < 1.29 is 9.50 Å². The zero-order valence-corrected chi connectivity index (χ0v) is 8.81. The summed E-state index contributed by atoms with van der Waals surface area (Å²) in [5, 5.41) is 9.35. The molecule has 0 aliphatic carbocycles. The first-order valence-electron chi connectivity index (χ1n) is 3.99. The lowest BCUT2D eigenvalue weighted by Gasteiger charge is -2.12. The summed E-state index contributed by atoms with van der Waals surface area (Å²) in [6, 6.07) is 2.51. The first-order valence-corrected chi connectivity index (χ1v) is 4.79. The number of phenolic OH excluding ortho intramolecular Hbond substituents is 1. The van der Waals surface area contributed by atoms with Crippen molar-refractivity contribution in [1.82, 2.24) is 0 Å². The second-order valence-corrected chi connectivity index (χ2v) is 3.76. The average molecular weight is 248 g/mol. The Labute approximate surface area is 84.7 Å². The van der Waals surface area contributed by atoms with E-state index in [1.165, 1.54) is 6.07 Å². The number of rotatable bonds is 2. The fraction of sp³-hybridized carbons (Fsp3) is 0.333. The van der Waals surface area contributed by atoms with Gasteiger partial charge in [-0.3, -0.25) is 0 Å². The summed E-state index contributed by atoms with van der Waals surface area (Å²) < 4.78 is 13.6. The normalized spacial score (nSPS) is 12.9. The van der Waals surface area contributed by atoms with Crippen LogP contribution in [0.3, 0.4) is 0 Å². The third-order valence-corrected chi connectivity index (χ3v) is 2.35. The second kappa shape index (κ2) is 4.07. The molecule has 72 valence electrons. The van der Waals surface area contributed by atoms with Gasteiger partial charge in [0.05, 0.1) is 0 Å². The Bertz CT molecular complexity index is 317. The molecule has 0 amide bonds. The van der Waals surface area contributed by atoms with Gasteiger partial charge >= 0.3 is 0 Å². The zero-order valence-electron chi connectivity index (χ0n) is 7.22. The zero-order chi connectivity index (χ0) is 10.0. The summed E-state index contributed by atoms with van der Waals surface area (Å²) in [5.41, 5.74) is 6.12. The second-order valence-electron chi connectivity index (χ2n) is 2.84. The molecule has 0 bridgehead atoms. The van der Waals surface area contributed by atoms with E-state index in [0.717, 1.165) is 0 Å². The van der Waals surface area contributed by atoms with E-state index in [-0.39, 0.29) is 11.8 Å². The molecule has 0 saturated heterocycles. The number of aromatic hydroxyl groups is 1. The third-order valence-electron chi connectivity index (χ3n) is 1.90. The van der Waals surface area contributed by atoms with Gasteiger partial charge in [0.15, 0.2) is 11.6 Å². The maximum absolute atomic E-state index is 13.0. The first kappa shape index (κ1) is 10.5. The molecule has 0 aromatic heterocycles. The van der Waals surface area contributed by atoms with E-state index in [2.05, 4.69) is 15.9 Å². The van der Waals surface area contributed by atoms with E-state index in [0.29, 0.717) is 16.5 Å². The van der Waals surface area contributed by atoms with E-state index < -0.39 is 5.82 Å². The fourth-order valence-corrected chi connectivity index (χ4v) is 1.54. The minimum Gasteiger partial charge on any atom is -0.505 e. The molecular formula is C9H11BrFNO. The predicted molar refractivity (Wildman–Crippen MR) is 53.0 cm³/mol. The Kier molecular flexibility index (Phi) is 3.27. The van der Waals surface area contributed by atoms with Crippen LogP contribution in [0.4, 0.5) is 4.39 Å². The Morgan fingerprint density at radius 1 is 1.62 bits per heavy atom. The van der Waals surface area contributed by atoms with Crippen molar-refractivity contribution in [1.29, 1.82) is 0 Å². The van der Waals surface area contributed by atoms with E-state index in [1.54, 1.807) is 6.07 Å². The molecule has 1 aromatic carbocycles. The van der Waals surface area contributed by atoms with Crippen LogP contribution in [0, 0.1) is 5.82 Å². The van der Waals surface area contributed by atoms with Crippen molar-refractivity contribution in [3.05, 3.63) is 28.0 Å². The summed E-state index contributed by atoms with van der Waals surface area (Å²) in [7, 11) is 0. The minimum absolute atomic E-state index is 0.327. The average Bonchev–Trinajstić information content (AvgIpc) is 2.10. The van der Waals surface area contributed by atoms with Gasteiger partial charge in [0.25, 0.3) is 0 Å². The van der Waals surface area contributed by atoms with Gasteiger partial charge in [-0.2, -0.15) is 0 Å². The number of phenols is 1. The lowest BCUT2D eigenvalue weighted by Crippen LogP contribution is -2.09. The van der Waals surface area contributed by atoms with Crippen LogP contribution in [0.5, 0.6) is 5.75 Å². The Balaban J connectivity index is 3.20. The molecule has 3 N–H and O–H groups in total. The lowest BCUT2D eigenvalue weighted by molar-refractivity contribution is 0.419. The van der Waals surface area contributed by atoms with Crippen LogP contribution >= 0.6 is 15.9 Å². The van der Waals surface area contributed by atoms with Crippen molar-refractivity contribution in [2.24, 2.45) is 5.73 Å².